The van der Waals surface area contributed by atoms with Gasteiger partial charge >= 0.3 is 23.5 Å². The van der Waals surface area contributed by atoms with Crippen LogP contribution >= 0.6 is 46.7 Å². The highest BCUT2D eigenvalue weighted by Crippen LogP contribution is 2.67. The predicted molar refractivity (Wildman–Crippen MR) is 121 cm³/mol. The molecule has 3 rings (SSSR count). The Morgan fingerprint density at radius 3 is 2.50 bits per heavy atom. The van der Waals surface area contributed by atoms with Gasteiger partial charge in [0.1, 0.15) is 5.52 Å². The van der Waals surface area contributed by atoms with Crippen molar-refractivity contribution in [3.05, 3.63) is 12.5 Å². The highest BCUT2D eigenvalue weighted by molar-refractivity contribution is 7.66. The van der Waals surface area contributed by atoms with Crippen LogP contribution in [0.5, 0.6) is 0 Å². The number of anilines is 1. The molecule has 0 saturated carbocycles. The normalized spacial score (nSPS) is 28.7. The van der Waals surface area contributed by atoms with Gasteiger partial charge in [-0.15, -0.1) is 0 Å². The molecule has 2 aromatic heterocycles. The van der Waals surface area contributed by atoms with Crippen LogP contribution < -0.4 is 5.73 Å². The summed E-state index contributed by atoms with van der Waals surface area (Å²) in [4.78, 5) is 46.7. The number of hydrogen-bond acceptors (Lipinski definition) is 12. The molecule has 0 amide bonds. The SMILES string of the molecule is C[C@H](OP(=O)(O)OP(=O)(O)OP(=O)(O)O)[C@H]1O[C@@H](n2cnc3cnc(N)nc32)C(Cl)(C#CCl)C1CO. The fourth-order valence-electron chi connectivity index (χ4n) is 3.51. The lowest BCUT2D eigenvalue weighted by Gasteiger charge is -2.28. The van der Waals surface area contributed by atoms with E-state index in [1.165, 1.54) is 17.1 Å². The van der Waals surface area contributed by atoms with E-state index in [0.29, 0.717) is 0 Å². The summed E-state index contributed by atoms with van der Waals surface area (Å²) in [5.74, 6) is 1.23. The number of alkyl halides is 1. The van der Waals surface area contributed by atoms with Crippen LogP contribution in [0.4, 0.5) is 5.95 Å². The van der Waals surface area contributed by atoms with E-state index in [-0.39, 0.29) is 17.1 Å². The Hall–Kier alpha value is -1.18. The van der Waals surface area contributed by atoms with E-state index in [4.69, 9.17) is 48.0 Å². The highest BCUT2D eigenvalue weighted by atomic mass is 35.5. The standard InChI is InChI=1S/C14H18Cl2N5O12P3/c1-7(31-35(26,27)33-36(28,29)32-34(23,24)25)10-8(5-22)14(16,2-3-15)12(30-10)21-6-19-9-4-18-13(17)20-11(9)21/h4,6-8,10,12,22H,5H2,1H3,(H,26,27)(H,28,29)(H2,17,18,20)(H2,23,24,25)/t7-,8?,10+,12+,14?/m0/s1. The number of nitrogens with two attached hydrogens (primary N) is 1. The summed E-state index contributed by atoms with van der Waals surface area (Å²) in [6, 6.07) is 0. The number of phosphoric ester groups is 1. The molecule has 36 heavy (non-hydrogen) atoms. The number of imidazole rings is 1. The Bertz CT molecular complexity index is 1350. The first-order valence-electron chi connectivity index (χ1n) is 9.37. The fraction of sp³-hybridized carbons (Fsp3) is 0.500. The van der Waals surface area contributed by atoms with Crippen LogP contribution in [0.1, 0.15) is 13.2 Å². The summed E-state index contributed by atoms with van der Waals surface area (Å²) in [5.41, 5.74) is 6.09. The van der Waals surface area contributed by atoms with Gasteiger partial charge in [0.2, 0.25) is 5.95 Å². The van der Waals surface area contributed by atoms with Crippen molar-refractivity contribution in [3.63, 3.8) is 0 Å². The van der Waals surface area contributed by atoms with Gasteiger partial charge in [0.05, 0.1) is 31.3 Å². The van der Waals surface area contributed by atoms with Crippen molar-refractivity contribution in [2.24, 2.45) is 5.92 Å². The van der Waals surface area contributed by atoms with E-state index in [2.05, 4.69) is 34.9 Å². The van der Waals surface area contributed by atoms with Gasteiger partial charge in [0, 0.05) is 11.3 Å². The van der Waals surface area contributed by atoms with Crippen molar-refractivity contribution in [1.29, 1.82) is 0 Å². The Kier molecular flexibility index (Phi) is 8.59. The maximum absolute atomic E-state index is 12.3. The highest BCUT2D eigenvalue weighted by Gasteiger charge is 2.58. The predicted octanol–water partition coefficient (Wildman–Crippen LogP) is 0.823. The molecule has 4 unspecified atom stereocenters. The van der Waals surface area contributed by atoms with Crippen LogP contribution in [0.2, 0.25) is 0 Å². The van der Waals surface area contributed by atoms with Crippen LogP contribution in [0.3, 0.4) is 0 Å². The van der Waals surface area contributed by atoms with Crippen LogP contribution in [0.25, 0.3) is 11.2 Å². The molecule has 0 aliphatic carbocycles. The molecule has 0 aromatic carbocycles. The molecule has 0 spiro atoms. The molecule has 17 nitrogen and oxygen atoms in total. The number of aliphatic hydroxyl groups is 1. The molecule has 1 fully saturated rings. The van der Waals surface area contributed by atoms with Crippen LogP contribution in [-0.2, 0) is 31.6 Å². The van der Waals surface area contributed by atoms with Gasteiger partial charge in [-0.05, 0) is 18.5 Å². The van der Waals surface area contributed by atoms with E-state index >= 15 is 0 Å². The number of phosphoric acid groups is 3. The van der Waals surface area contributed by atoms with E-state index in [1.807, 2.05) is 0 Å². The van der Waals surface area contributed by atoms with Crippen molar-refractivity contribution < 1.29 is 56.3 Å². The number of nitrogens with zero attached hydrogens (tertiary/aromatic N) is 4. The molecule has 0 bridgehead atoms. The molecule has 7 N–H and O–H groups in total. The molecule has 7 atom stereocenters. The lowest BCUT2D eigenvalue weighted by atomic mass is 9.87. The monoisotopic (exact) mass is 611 g/mol. The quantitative estimate of drug-likeness (QED) is 0.130. The van der Waals surface area contributed by atoms with Crippen molar-refractivity contribution in [3.8, 4) is 11.3 Å². The van der Waals surface area contributed by atoms with Crippen molar-refractivity contribution in [2.45, 2.75) is 30.2 Å². The molecule has 3 heterocycles. The summed E-state index contributed by atoms with van der Waals surface area (Å²) in [5, 5.41) is 12.2. The zero-order chi connectivity index (χ0) is 27.1. The Balaban J connectivity index is 1.93. The summed E-state index contributed by atoms with van der Waals surface area (Å²) >= 11 is 12.3. The zero-order valence-electron chi connectivity index (χ0n) is 17.7. The lowest BCUT2D eigenvalue weighted by Crippen LogP contribution is -2.41. The van der Waals surface area contributed by atoms with Crippen molar-refractivity contribution in [2.75, 3.05) is 12.3 Å². The second kappa shape index (κ2) is 10.5. The first-order valence-corrected chi connectivity index (χ1v) is 14.6. The van der Waals surface area contributed by atoms with E-state index in [1.54, 1.807) is 0 Å². The van der Waals surface area contributed by atoms with E-state index in [9.17, 15) is 28.6 Å². The fourth-order valence-corrected chi connectivity index (χ4v) is 7.32. The number of aliphatic hydroxyl groups excluding tert-OH is 1. The summed E-state index contributed by atoms with van der Waals surface area (Å²) in [6.07, 6.45) is -1.58. The Morgan fingerprint density at radius 2 is 1.92 bits per heavy atom. The number of nitrogen functional groups attached to an aromatic ring is 1. The topological polar surface area (TPSA) is 259 Å². The summed E-state index contributed by atoms with van der Waals surface area (Å²) in [7, 11) is -16.9. The molecule has 2 aromatic rings. The smallest absolute Gasteiger partial charge is 0.396 e. The van der Waals surface area contributed by atoms with Gasteiger partial charge in [0.25, 0.3) is 0 Å². The molecule has 1 saturated heterocycles. The minimum absolute atomic E-state index is 0.109. The van der Waals surface area contributed by atoms with E-state index < -0.39 is 59.3 Å². The molecule has 1 aliphatic rings. The minimum atomic E-state index is -5.76. The van der Waals surface area contributed by atoms with Gasteiger partial charge in [-0.1, -0.05) is 17.5 Å². The van der Waals surface area contributed by atoms with Crippen LogP contribution in [0, 0.1) is 17.2 Å². The molecular weight excluding hydrogens is 594 g/mol. The number of aromatic nitrogens is 4. The van der Waals surface area contributed by atoms with Crippen molar-refractivity contribution in [1.82, 2.24) is 19.5 Å². The van der Waals surface area contributed by atoms with Crippen molar-refractivity contribution >= 4 is 63.8 Å². The third-order valence-corrected chi connectivity index (χ3v) is 9.36. The number of halogens is 2. The summed E-state index contributed by atoms with van der Waals surface area (Å²) in [6.45, 7) is 0.440. The van der Waals surface area contributed by atoms with Gasteiger partial charge in [-0.25, -0.2) is 23.7 Å². The van der Waals surface area contributed by atoms with Crippen LogP contribution in [0.15, 0.2) is 12.5 Å². The lowest BCUT2D eigenvalue weighted by molar-refractivity contribution is -0.0641. The van der Waals surface area contributed by atoms with Gasteiger partial charge in [-0.3, -0.25) is 9.09 Å². The average molecular weight is 612 g/mol. The second-order valence-corrected chi connectivity index (χ2v) is 12.4. The largest absolute Gasteiger partial charge is 0.490 e. The second-order valence-electron chi connectivity index (χ2n) is 7.22. The Morgan fingerprint density at radius 1 is 1.25 bits per heavy atom. The minimum Gasteiger partial charge on any atom is -0.396 e. The maximum Gasteiger partial charge on any atom is 0.490 e. The third kappa shape index (κ3) is 6.44. The van der Waals surface area contributed by atoms with Crippen LogP contribution in [-0.4, -0.2) is 67.9 Å². The average Bonchev–Trinajstić information content (AvgIpc) is 3.22. The Labute approximate surface area is 211 Å². The number of hydrogen-bond donors (Lipinski definition) is 6. The number of ether oxygens (including phenoxy) is 1. The number of rotatable bonds is 9. The van der Waals surface area contributed by atoms with Gasteiger partial charge < -0.3 is 35.2 Å². The van der Waals surface area contributed by atoms with Gasteiger partial charge in [-0.2, -0.15) is 13.6 Å². The molecule has 1 aliphatic heterocycles. The van der Waals surface area contributed by atoms with E-state index in [0.717, 1.165) is 6.92 Å². The third-order valence-electron chi connectivity index (χ3n) is 4.78. The zero-order valence-corrected chi connectivity index (χ0v) is 21.9. The first-order chi connectivity index (χ1) is 16.5. The molecular formula is C14H18Cl2N5O12P3. The summed E-state index contributed by atoms with van der Waals surface area (Å²) < 4.78 is 54.2. The number of fused-ring (bicyclic) bond motifs is 1. The molecule has 200 valence electrons. The van der Waals surface area contributed by atoms with Gasteiger partial charge in [0.15, 0.2) is 16.7 Å². The first kappa shape index (κ1) is 29.4. The molecule has 0 radical (unpaired) electrons. The maximum atomic E-state index is 12.3. The molecule has 22 heteroatoms.